The van der Waals surface area contributed by atoms with E-state index in [2.05, 4.69) is 5.32 Å². The molecule has 9 nitrogen and oxygen atoms in total. The summed E-state index contributed by atoms with van der Waals surface area (Å²) in [5.41, 5.74) is 7.62. The Balaban J connectivity index is 1.63. The van der Waals surface area contributed by atoms with Gasteiger partial charge in [-0.25, -0.2) is 8.42 Å². The Morgan fingerprint density at radius 1 is 0.949 bits per heavy atom. The number of sulfonamides is 1. The number of anilines is 1. The average Bonchev–Trinajstić information content (AvgIpc) is 2.94. The van der Waals surface area contributed by atoms with E-state index in [4.69, 9.17) is 15.9 Å². The van der Waals surface area contributed by atoms with Crippen LogP contribution in [0.5, 0.6) is 0 Å². The molecular formula is C29H28N4O5S. The van der Waals surface area contributed by atoms with Crippen molar-refractivity contribution in [3.63, 3.8) is 0 Å². The molecule has 0 aliphatic heterocycles. The van der Waals surface area contributed by atoms with Gasteiger partial charge < -0.3 is 15.8 Å². The van der Waals surface area contributed by atoms with Crippen molar-refractivity contribution >= 4 is 44.2 Å². The minimum atomic E-state index is -4.08. The number of amides is 1. The fourth-order valence-electron chi connectivity index (χ4n) is 4.06. The van der Waals surface area contributed by atoms with Crippen LogP contribution < -0.4 is 15.4 Å². The van der Waals surface area contributed by atoms with Gasteiger partial charge in [-0.2, -0.15) is 0 Å². The highest BCUT2D eigenvalue weighted by atomic mass is 32.2. The van der Waals surface area contributed by atoms with Crippen LogP contribution in [-0.4, -0.2) is 39.3 Å². The van der Waals surface area contributed by atoms with Crippen molar-refractivity contribution in [3.8, 4) is 0 Å². The van der Waals surface area contributed by atoms with E-state index < -0.39 is 22.5 Å². The number of hydrogen-bond acceptors (Lipinski definition) is 6. The van der Waals surface area contributed by atoms with Crippen molar-refractivity contribution in [1.82, 2.24) is 5.32 Å². The summed E-state index contributed by atoms with van der Waals surface area (Å²) >= 11 is 0. The SMILES string of the molecule is CCOC(=O)CN(c1ccc2c(C(=O)NCc3ccc(C(=N)N)cc3)cccc2c1)S(=O)(=O)c1ccccc1. The van der Waals surface area contributed by atoms with E-state index in [1.807, 2.05) is 0 Å². The number of rotatable bonds is 10. The third-order valence-electron chi connectivity index (χ3n) is 6.02. The summed E-state index contributed by atoms with van der Waals surface area (Å²) in [7, 11) is -4.08. The molecule has 0 saturated carbocycles. The zero-order valence-electron chi connectivity index (χ0n) is 21.3. The van der Waals surface area contributed by atoms with Crippen LogP contribution in [0.3, 0.4) is 0 Å². The lowest BCUT2D eigenvalue weighted by molar-refractivity contribution is -0.141. The second kappa shape index (κ2) is 11.8. The second-order valence-corrected chi connectivity index (χ2v) is 10.5. The first kappa shape index (κ1) is 27.3. The van der Waals surface area contributed by atoms with E-state index in [1.54, 1.807) is 85.8 Å². The third-order valence-corrected chi connectivity index (χ3v) is 7.81. The number of esters is 1. The fourth-order valence-corrected chi connectivity index (χ4v) is 5.48. The second-order valence-electron chi connectivity index (χ2n) is 8.63. The molecule has 4 aromatic rings. The lowest BCUT2D eigenvalue weighted by Crippen LogP contribution is -2.36. The van der Waals surface area contributed by atoms with Gasteiger partial charge in [-0.3, -0.25) is 19.3 Å². The molecular weight excluding hydrogens is 516 g/mol. The fraction of sp³-hybridized carbons (Fsp3) is 0.138. The van der Waals surface area contributed by atoms with Crippen molar-refractivity contribution in [2.45, 2.75) is 18.4 Å². The largest absolute Gasteiger partial charge is 0.465 e. The van der Waals surface area contributed by atoms with Crippen molar-refractivity contribution in [1.29, 1.82) is 5.41 Å². The van der Waals surface area contributed by atoms with Crippen molar-refractivity contribution < 1.29 is 22.7 Å². The van der Waals surface area contributed by atoms with Gasteiger partial charge in [-0.1, -0.05) is 60.7 Å². The molecule has 200 valence electrons. The van der Waals surface area contributed by atoms with Crippen LogP contribution in [0, 0.1) is 5.41 Å². The minimum absolute atomic E-state index is 0.0295. The maximum absolute atomic E-state index is 13.5. The number of nitrogens with two attached hydrogens (primary N) is 1. The molecule has 4 rings (SSSR count). The number of amidine groups is 1. The molecule has 4 N–H and O–H groups in total. The first-order valence-corrected chi connectivity index (χ1v) is 13.6. The van der Waals surface area contributed by atoms with Gasteiger partial charge in [0.2, 0.25) is 0 Å². The van der Waals surface area contributed by atoms with Crippen LogP contribution in [0.2, 0.25) is 0 Å². The van der Waals surface area contributed by atoms with Crippen LogP contribution in [0.1, 0.15) is 28.4 Å². The number of carbonyl (C=O) groups is 2. The van der Waals surface area contributed by atoms with E-state index in [0.717, 1.165) is 9.87 Å². The monoisotopic (exact) mass is 544 g/mol. The van der Waals surface area contributed by atoms with Crippen LogP contribution >= 0.6 is 0 Å². The van der Waals surface area contributed by atoms with E-state index >= 15 is 0 Å². The lowest BCUT2D eigenvalue weighted by atomic mass is 10.0. The van der Waals surface area contributed by atoms with Gasteiger partial charge in [0, 0.05) is 17.7 Å². The van der Waals surface area contributed by atoms with Gasteiger partial charge in [-0.05, 0) is 53.6 Å². The van der Waals surface area contributed by atoms with Gasteiger partial charge in [0.15, 0.2) is 0 Å². The Kier molecular flexibility index (Phi) is 8.26. The number of nitrogens with zero attached hydrogens (tertiary/aromatic N) is 1. The molecule has 0 saturated heterocycles. The minimum Gasteiger partial charge on any atom is -0.465 e. The van der Waals surface area contributed by atoms with Gasteiger partial charge in [-0.15, -0.1) is 0 Å². The predicted molar refractivity (Wildman–Crippen MR) is 150 cm³/mol. The van der Waals surface area contributed by atoms with Crippen molar-refractivity contribution in [2.75, 3.05) is 17.5 Å². The summed E-state index contributed by atoms with van der Waals surface area (Å²) in [6, 6.07) is 24.9. The highest BCUT2D eigenvalue weighted by Crippen LogP contribution is 2.29. The zero-order chi connectivity index (χ0) is 28.0. The molecule has 4 aromatic carbocycles. The van der Waals surface area contributed by atoms with Crippen molar-refractivity contribution in [2.24, 2.45) is 5.73 Å². The number of hydrogen-bond donors (Lipinski definition) is 3. The van der Waals surface area contributed by atoms with E-state index in [-0.39, 0.29) is 35.5 Å². The Hall–Kier alpha value is -4.70. The highest BCUT2D eigenvalue weighted by molar-refractivity contribution is 7.92. The summed E-state index contributed by atoms with van der Waals surface area (Å²) in [5.74, 6) is -1.01. The maximum Gasteiger partial charge on any atom is 0.326 e. The smallest absolute Gasteiger partial charge is 0.326 e. The normalized spacial score (nSPS) is 11.1. The molecule has 1 amide bonds. The molecule has 0 spiro atoms. The quantitative estimate of drug-likeness (QED) is 0.157. The Bertz CT molecular complexity index is 1620. The highest BCUT2D eigenvalue weighted by Gasteiger charge is 2.28. The standard InChI is InChI=1S/C29H28N4O5S/c1-2-38-27(34)19-33(39(36,37)24-8-4-3-5-9-24)23-15-16-25-22(17-23)7-6-10-26(25)29(35)32-18-20-11-13-21(14-12-20)28(30)31/h3-17H,2,18-19H2,1H3,(H3,30,31)(H,32,35). The van der Waals surface area contributed by atoms with Gasteiger partial charge in [0.05, 0.1) is 17.2 Å². The number of ether oxygens (including phenoxy) is 1. The summed E-state index contributed by atoms with van der Waals surface area (Å²) in [5, 5.41) is 11.6. The van der Waals surface area contributed by atoms with Crippen molar-refractivity contribution in [3.05, 3.63) is 108 Å². The first-order chi connectivity index (χ1) is 18.7. The Morgan fingerprint density at radius 2 is 1.67 bits per heavy atom. The number of nitrogens with one attached hydrogen (secondary N) is 2. The molecule has 0 aromatic heterocycles. The number of carbonyl (C=O) groups excluding carboxylic acids is 2. The lowest BCUT2D eigenvalue weighted by Gasteiger charge is -2.24. The summed E-state index contributed by atoms with van der Waals surface area (Å²) in [6.45, 7) is 1.54. The van der Waals surface area contributed by atoms with Crippen LogP contribution in [0.25, 0.3) is 10.8 Å². The summed E-state index contributed by atoms with van der Waals surface area (Å²) in [4.78, 5) is 25.5. The molecule has 0 aliphatic carbocycles. The summed E-state index contributed by atoms with van der Waals surface area (Å²) < 4.78 is 33.0. The number of nitrogen functional groups attached to an aromatic ring is 1. The van der Waals surface area contributed by atoms with Gasteiger partial charge in [0.25, 0.3) is 15.9 Å². The topological polar surface area (TPSA) is 143 Å². The maximum atomic E-state index is 13.5. The molecule has 39 heavy (non-hydrogen) atoms. The van der Waals surface area contributed by atoms with Gasteiger partial charge >= 0.3 is 5.97 Å². The van der Waals surface area contributed by atoms with Crippen LogP contribution in [0.4, 0.5) is 5.69 Å². The molecule has 0 atom stereocenters. The first-order valence-electron chi connectivity index (χ1n) is 12.2. The average molecular weight is 545 g/mol. The zero-order valence-corrected chi connectivity index (χ0v) is 22.1. The molecule has 0 aliphatic rings. The number of fused-ring (bicyclic) bond motifs is 1. The number of benzene rings is 4. The molecule has 10 heteroatoms. The predicted octanol–water partition coefficient (Wildman–Crippen LogP) is 3.81. The summed E-state index contributed by atoms with van der Waals surface area (Å²) in [6.07, 6.45) is 0. The van der Waals surface area contributed by atoms with Crippen LogP contribution in [0.15, 0.2) is 95.9 Å². The molecule has 0 unspecified atom stereocenters. The molecule has 0 fully saturated rings. The van der Waals surface area contributed by atoms with E-state index in [1.165, 1.54) is 12.1 Å². The molecule has 0 bridgehead atoms. The van der Waals surface area contributed by atoms with E-state index in [0.29, 0.717) is 21.9 Å². The third kappa shape index (κ3) is 6.24. The van der Waals surface area contributed by atoms with Gasteiger partial charge in [0.1, 0.15) is 12.4 Å². The molecule has 0 heterocycles. The van der Waals surface area contributed by atoms with Crippen LogP contribution in [-0.2, 0) is 26.1 Å². The Morgan fingerprint density at radius 3 is 2.33 bits per heavy atom. The van der Waals surface area contributed by atoms with E-state index in [9.17, 15) is 18.0 Å². The molecule has 0 radical (unpaired) electrons. The Labute approximate surface area is 226 Å².